The third-order valence-electron chi connectivity index (χ3n) is 3.14. The molecule has 2 aromatic carbocycles. The molecule has 0 heterocycles. The van der Waals surface area contributed by atoms with Gasteiger partial charge in [-0.25, -0.2) is 0 Å². The summed E-state index contributed by atoms with van der Waals surface area (Å²) >= 11 is 0. The molecule has 0 fully saturated rings. The van der Waals surface area contributed by atoms with Crippen LogP contribution in [0.15, 0.2) is 54.6 Å². The third-order valence-corrected chi connectivity index (χ3v) is 5.35. The molecule has 0 radical (unpaired) electrons. The molecule has 0 aliphatic heterocycles. The van der Waals surface area contributed by atoms with Crippen LogP contribution < -0.4 is 10.5 Å². The fourth-order valence-electron chi connectivity index (χ4n) is 2.13. The first-order valence-electron chi connectivity index (χ1n) is 7.56. The minimum atomic E-state index is -3.41. The summed E-state index contributed by atoms with van der Waals surface area (Å²) in [5.41, 5.74) is 6.78. The normalized spacial score (nSPS) is 12.8. The van der Waals surface area contributed by atoms with Gasteiger partial charge in [-0.2, -0.15) is 0 Å². The Bertz CT molecular complexity index is 653. The molecule has 124 valence electrons. The molecule has 2 aromatic rings. The molecule has 0 amide bonds. The van der Waals surface area contributed by atoms with Crippen molar-refractivity contribution in [3.63, 3.8) is 0 Å². The fourth-order valence-corrected chi connectivity index (χ4v) is 3.77. The number of para-hydroxylation sites is 1. The highest BCUT2D eigenvalue weighted by Crippen LogP contribution is 2.58. The molecule has 1 atom stereocenters. The van der Waals surface area contributed by atoms with Crippen molar-refractivity contribution in [2.24, 2.45) is 5.73 Å². The van der Waals surface area contributed by atoms with Gasteiger partial charge < -0.3 is 19.5 Å². The predicted molar refractivity (Wildman–Crippen MR) is 90.7 cm³/mol. The zero-order valence-electron chi connectivity index (χ0n) is 13.3. The number of benzene rings is 2. The van der Waals surface area contributed by atoms with E-state index in [-0.39, 0.29) is 13.2 Å². The van der Waals surface area contributed by atoms with Crippen molar-refractivity contribution >= 4 is 7.60 Å². The molecule has 0 saturated heterocycles. The lowest BCUT2D eigenvalue weighted by Crippen LogP contribution is -2.15. The van der Waals surface area contributed by atoms with E-state index in [1.54, 1.807) is 32.0 Å². The lowest BCUT2D eigenvalue weighted by molar-refractivity contribution is 0.212. The van der Waals surface area contributed by atoms with Crippen LogP contribution in [0.1, 0.15) is 25.2 Å². The largest absolute Gasteiger partial charge is 0.457 e. The Morgan fingerprint density at radius 1 is 0.957 bits per heavy atom. The Labute approximate surface area is 136 Å². The maximum atomic E-state index is 12.8. The summed E-state index contributed by atoms with van der Waals surface area (Å²) in [6, 6.07) is 16.6. The molecule has 2 N–H and O–H groups in total. The van der Waals surface area contributed by atoms with Crippen LogP contribution in [0.2, 0.25) is 0 Å². The lowest BCUT2D eigenvalue weighted by Gasteiger charge is -2.23. The quantitative estimate of drug-likeness (QED) is 0.708. The van der Waals surface area contributed by atoms with Gasteiger partial charge in [0.05, 0.1) is 13.2 Å². The van der Waals surface area contributed by atoms with Crippen LogP contribution in [-0.4, -0.2) is 13.2 Å². The summed E-state index contributed by atoms with van der Waals surface area (Å²) in [5.74, 6) is 0.474. The minimum absolute atomic E-state index is 0.269. The molecule has 0 saturated carbocycles. The second kappa shape index (κ2) is 8.27. The monoisotopic (exact) mass is 335 g/mol. The molecule has 0 aliphatic carbocycles. The van der Waals surface area contributed by atoms with Crippen molar-refractivity contribution in [1.29, 1.82) is 0 Å². The third kappa shape index (κ3) is 4.66. The molecular weight excluding hydrogens is 313 g/mol. The second-order valence-electron chi connectivity index (χ2n) is 4.81. The van der Waals surface area contributed by atoms with Gasteiger partial charge in [-0.15, -0.1) is 0 Å². The van der Waals surface area contributed by atoms with Crippen molar-refractivity contribution in [1.82, 2.24) is 0 Å². The summed E-state index contributed by atoms with van der Waals surface area (Å²) in [4.78, 5) is 0. The van der Waals surface area contributed by atoms with Crippen LogP contribution in [0, 0.1) is 0 Å². The molecule has 0 aliphatic rings. The first-order chi connectivity index (χ1) is 11.1. The minimum Gasteiger partial charge on any atom is -0.457 e. The van der Waals surface area contributed by atoms with E-state index in [2.05, 4.69) is 0 Å². The first-order valence-corrected chi connectivity index (χ1v) is 9.17. The lowest BCUT2D eigenvalue weighted by atomic mass is 10.2. The van der Waals surface area contributed by atoms with E-state index in [1.165, 1.54) is 0 Å². The Morgan fingerprint density at radius 2 is 1.57 bits per heavy atom. The van der Waals surface area contributed by atoms with Crippen molar-refractivity contribution < 1.29 is 18.3 Å². The highest BCUT2D eigenvalue weighted by atomic mass is 31.2. The van der Waals surface area contributed by atoms with Crippen LogP contribution in [0.5, 0.6) is 11.5 Å². The van der Waals surface area contributed by atoms with Crippen LogP contribution in [0.4, 0.5) is 0 Å². The second-order valence-corrected chi connectivity index (χ2v) is 6.96. The van der Waals surface area contributed by atoms with Gasteiger partial charge in [0.1, 0.15) is 17.3 Å². The molecule has 0 bridgehead atoms. The molecule has 0 aromatic heterocycles. The fraction of sp³-hybridized carbons (Fsp3) is 0.294. The maximum Gasteiger partial charge on any atom is 0.351 e. The van der Waals surface area contributed by atoms with Crippen LogP contribution >= 0.6 is 7.60 Å². The highest BCUT2D eigenvalue weighted by Gasteiger charge is 2.34. The summed E-state index contributed by atoms with van der Waals surface area (Å²) in [6.45, 7) is 4.05. The topological polar surface area (TPSA) is 70.8 Å². The zero-order valence-corrected chi connectivity index (χ0v) is 14.2. The Kier molecular flexibility index (Phi) is 6.37. The Hall–Kier alpha value is -1.65. The molecule has 6 heteroatoms. The highest BCUT2D eigenvalue weighted by molar-refractivity contribution is 7.54. The van der Waals surface area contributed by atoms with Gasteiger partial charge in [0, 0.05) is 0 Å². The molecule has 2 rings (SSSR count). The molecular formula is C17H22NO4P. The van der Waals surface area contributed by atoms with E-state index < -0.39 is 13.4 Å². The number of ether oxygens (including phenoxy) is 1. The van der Waals surface area contributed by atoms with Gasteiger partial charge in [0.25, 0.3) is 0 Å². The van der Waals surface area contributed by atoms with E-state index >= 15 is 0 Å². The summed E-state index contributed by atoms with van der Waals surface area (Å²) < 4.78 is 29.2. The van der Waals surface area contributed by atoms with E-state index in [4.69, 9.17) is 19.5 Å². The first kappa shape index (κ1) is 17.7. The average Bonchev–Trinajstić information content (AvgIpc) is 2.56. The average molecular weight is 335 g/mol. The standard InChI is InChI=1S/C17H22NO4P/c1-3-20-23(19,21-4-2)17(18)14-9-8-12-16(13-14)22-15-10-6-5-7-11-15/h5-13,17H,3-4,18H2,1-2H3/t17-/m1/s1. The van der Waals surface area contributed by atoms with Crippen molar-refractivity contribution in [3.05, 3.63) is 60.2 Å². The van der Waals surface area contributed by atoms with Crippen LogP contribution in [0.25, 0.3) is 0 Å². The summed E-state index contributed by atoms with van der Waals surface area (Å²) in [6.07, 6.45) is 0. The Morgan fingerprint density at radius 3 is 2.17 bits per heavy atom. The van der Waals surface area contributed by atoms with Crippen molar-refractivity contribution in [2.75, 3.05) is 13.2 Å². The zero-order chi connectivity index (χ0) is 16.7. The van der Waals surface area contributed by atoms with Gasteiger partial charge in [-0.3, -0.25) is 4.57 Å². The molecule has 0 unspecified atom stereocenters. The number of hydrogen-bond acceptors (Lipinski definition) is 5. The van der Waals surface area contributed by atoms with E-state index in [9.17, 15) is 4.57 Å². The molecule has 23 heavy (non-hydrogen) atoms. The van der Waals surface area contributed by atoms with Gasteiger partial charge in [0.2, 0.25) is 0 Å². The number of hydrogen-bond donors (Lipinski definition) is 1. The summed E-state index contributed by atoms with van der Waals surface area (Å²) in [7, 11) is -3.41. The van der Waals surface area contributed by atoms with Crippen LogP contribution in [0.3, 0.4) is 0 Å². The number of nitrogens with two attached hydrogens (primary N) is 1. The van der Waals surface area contributed by atoms with E-state index in [0.717, 1.165) is 5.75 Å². The maximum absolute atomic E-state index is 12.8. The van der Waals surface area contributed by atoms with Crippen LogP contribution in [-0.2, 0) is 13.6 Å². The molecule has 5 nitrogen and oxygen atoms in total. The van der Waals surface area contributed by atoms with Crippen molar-refractivity contribution in [2.45, 2.75) is 19.6 Å². The SMILES string of the molecule is CCOP(=O)(OCC)[C@@H](N)c1cccc(Oc2ccccc2)c1. The van der Waals surface area contributed by atoms with E-state index in [0.29, 0.717) is 11.3 Å². The van der Waals surface area contributed by atoms with Gasteiger partial charge in [0.15, 0.2) is 0 Å². The Balaban J connectivity index is 2.22. The predicted octanol–water partition coefficient (Wildman–Crippen LogP) is 4.70. The van der Waals surface area contributed by atoms with Gasteiger partial charge in [-0.05, 0) is 43.7 Å². The number of rotatable bonds is 8. The smallest absolute Gasteiger partial charge is 0.351 e. The van der Waals surface area contributed by atoms with Gasteiger partial charge in [-0.1, -0.05) is 30.3 Å². The molecule has 0 spiro atoms. The van der Waals surface area contributed by atoms with Gasteiger partial charge >= 0.3 is 7.60 Å². The van der Waals surface area contributed by atoms with E-state index in [1.807, 2.05) is 36.4 Å². The summed E-state index contributed by atoms with van der Waals surface area (Å²) in [5, 5.41) is 0. The van der Waals surface area contributed by atoms with Crippen molar-refractivity contribution in [3.8, 4) is 11.5 Å².